The Kier molecular flexibility index (Phi) is 4.89. The van der Waals surface area contributed by atoms with Crippen LogP contribution >= 0.6 is 0 Å². The Bertz CT molecular complexity index is 416. The zero-order valence-electron chi connectivity index (χ0n) is 10.8. The van der Waals surface area contributed by atoms with Gasteiger partial charge in [0.2, 0.25) is 0 Å². The molecule has 0 spiro atoms. The van der Waals surface area contributed by atoms with Gasteiger partial charge in [-0.05, 0) is 18.9 Å². The number of hydrogen-bond donors (Lipinski definition) is 1. The minimum absolute atomic E-state index is 0.289. The molecule has 1 aromatic rings. The van der Waals surface area contributed by atoms with Gasteiger partial charge >= 0.3 is 5.97 Å². The van der Waals surface area contributed by atoms with Crippen molar-refractivity contribution in [2.75, 3.05) is 0 Å². The summed E-state index contributed by atoms with van der Waals surface area (Å²) in [5.74, 6) is -1.02. The van der Waals surface area contributed by atoms with Crippen LogP contribution in [0.25, 0.3) is 0 Å². The van der Waals surface area contributed by atoms with Crippen LogP contribution in [0.15, 0.2) is 30.3 Å². The summed E-state index contributed by atoms with van der Waals surface area (Å²) in [5.41, 5.74) is 4.97. The van der Waals surface area contributed by atoms with E-state index in [1.807, 2.05) is 37.3 Å². The molecule has 0 saturated heterocycles. The Labute approximate surface area is 107 Å². The van der Waals surface area contributed by atoms with E-state index in [-0.39, 0.29) is 6.42 Å². The average molecular weight is 249 g/mol. The molecule has 0 bridgehead atoms. The van der Waals surface area contributed by atoms with Crippen LogP contribution in [0.4, 0.5) is 0 Å². The number of primary amides is 1. The third-order valence-electron chi connectivity index (χ3n) is 2.70. The highest BCUT2D eigenvalue weighted by atomic mass is 16.6. The highest BCUT2D eigenvalue weighted by Gasteiger charge is 2.35. The second-order valence-electron chi connectivity index (χ2n) is 4.48. The van der Waals surface area contributed by atoms with E-state index in [0.29, 0.717) is 12.8 Å². The van der Waals surface area contributed by atoms with Gasteiger partial charge in [0.15, 0.2) is 5.60 Å². The maximum Gasteiger partial charge on any atom is 0.306 e. The molecule has 2 N–H and O–H groups in total. The summed E-state index contributed by atoms with van der Waals surface area (Å²) in [6.07, 6.45) is 1.26. The van der Waals surface area contributed by atoms with E-state index in [9.17, 15) is 9.59 Å². The third-order valence-corrected chi connectivity index (χ3v) is 2.70. The first-order chi connectivity index (χ1) is 8.48. The standard InChI is InChI=1S/C14H19NO3/c1-3-7-12(16)18-14(2,13(15)17)10-11-8-5-4-6-9-11/h4-6,8-9H,3,7,10H2,1-2H3,(H2,15,17). The smallest absolute Gasteiger partial charge is 0.306 e. The lowest BCUT2D eigenvalue weighted by Crippen LogP contribution is -2.46. The van der Waals surface area contributed by atoms with E-state index in [0.717, 1.165) is 5.56 Å². The topological polar surface area (TPSA) is 69.4 Å². The van der Waals surface area contributed by atoms with Gasteiger partial charge in [0.25, 0.3) is 5.91 Å². The van der Waals surface area contributed by atoms with Gasteiger partial charge in [-0.3, -0.25) is 9.59 Å². The fourth-order valence-electron chi connectivity index (χ4n) is 1.67. The van der Waals surface area contributed by atoms with Crippen molar-refractivity contribution in [3.63, 3.8) is 0 Å². The summed E-state index contributed by atoms with van der Waals surface area (Å²) in [6, 6.07) is 9.35. The maximum absolute atomic E-state index is 11.5. The molecule has 1 amide bonds. The molecule has 0 fully saturated rings. The number of benzene rings is 1. The molecule has 0 aliphatic rings. The van der Waals surface area contributed by atoms with Crippen molar-refractivity contribution in [1.82, 2.24) is 0 Å². The first-order valence-corrected chi connectivity index (χ1v) is 6.03. The van der Waals surface area contributed by atoms with E-state index in [1.54, 1.807) is 6.92 Å². The molecule has 0 aliphatic carbocycles. The Hall–Kier alpha value is -1.84. The van der Waals surface area contributed by atoms with Gasteiger partial charge in [-0.1, -0.05) is 37.3 Å². The maximum atomic E-state index is 11.5. The van der Waals surface area contributed by atoms with Crippen LogP contribution < -0.4 is 5.73 Å². The lowest BCUT2D eigenvalue weighted by atomic mass is 9.95. The van der Waals surface area contributed by atoms with Crippen LogP contribution in [0, 0.1) is 0 Å². The molecule has 1 rings (SSSR count). The molecule has 1 aromatic carbocycles. The van der Waals surface area contributed by atoms with Crippen LogP contribution in [0.3, 0.4) is 0 Å². The Morgan fingerprint density at radius 3 is 2.39 bits per heavy atom. The van der Waals surface area contributed by atoms with Crippen molar-refractivity contribution in [3.8, 4) is 0 Å². The van der Waals surface area contributed by atoms with Crippen LogP contribution in [-0.4, -0.2) is 17.5 Å². The number of carbonyl (C=O) groups is 2. The molecule has 0 saturated carbocycles. The van der Waals surface area contributed by atoms with Gasteiger partial charge in [0, 0.05) is 12.8 Å². The summed E-state index contributed by atoms with van der Waals surface area (Å²) in [4.78, 5) is 23.0. The quantitative estimate of drug-likeness (QED) is 0.782. The molecule has 1 unspecified atom stereocenters. The predicted octanol–water partition coefficient (Wildman–Crippen LogP) is 1.82. The minimum Gasteiger partial charge on any atom is -0.449 e. The number of carbonyl (C=O) groups excluding carboxylic acids is 2. The van der Waals surface area contributed by atoms with Gasteiger partial charge < -0.3 is 10.5 Å². The fraction of sp³-hybridized carbons (Fsp3) is 0.429. The Balaban J connectivity index is 2.81. The van der Waals surface area contributed by atoms with Crippen LogP contribution in [0.1, 0.15) is 32.3 Å². The summed E-state index contributed by atoms with van der Waals surface area (Å²) in [5, 5.41) is 0. The van der Waals surface area contributed by atoms with Crippen LogP contribution in [0.2, 0.25) is 0 Å². The molecule has 0 heterocycles. The lowest BCUT2D eigenvalue weighted by molar-refractivity contribution is -0.165. The summed E-state index contributed by atoms with van der Waals surface area (Å²) < 4.78 is 5.23. The highest BCUT2D eigenvalue weighted by Crippen LogP contribution is 2.18. The lowest BCUT2D eigenvalue weighted by Gasteiger charge is -2.26. The second kappa shape index (κ2) is 6.19. The number of amides is 1. The zero-order valence-corrected chi connectivity index (χ0v) is 10.8. The van der Waals surface area contributed by atoms with Crippen LogP contribution in [-0.2, 0) is 20.7 Å². The van der Waals surface area contributed by atoms with Gasteiger partial charge in [0.05, 0.1) is 0 Å². The van der Waals surface area contributed by atoms with Gasteiger partial charge in [-0.15, -0.1) is 0 Å². The molecule has 1 atom stereocenters. The summed E-state index contributed by atoms with van der Waals surface area (Å²) >= 11 is 0. The molecule has 18 heavy (non-hydrogen) atoms. The monoisotopic (exact) mass is 249 g/mol. The van der Waals surface area contributed by atoms with E-state index < -0.39 is 17.5 Å². The van der Waals surface area contributed by atoms with Crippen molar-refractivity contribution in [2.45, 2.75) is 38.7 Å². The fourth-order valence-corrected chi connectivity index (χ4v) is 1.67. The summed E-state index contributed by atoms with van der Waals surface area (Å²) in [7, 11) is 0. The van der Waals surface area contributed by atoms with Crippen molar-refractivity contribution < 1.29 is 14.3 Å². The molecule has 4 nitrogen and oxygen atoms in total. The zero-order chi connectivity index (χ0) is 13.6. The average Bonchev–Trinajstić information content (AvgIpc) is 2.30. The Morgan fingerprint density at radius 1 is 1.28 bits per heavy atom. The normalized spacial score (nSPS) is 13.7. The van der Waals surface area contributed by atoms with Crippen molar-refractivity contribution >= 4 is 11.9 Å². The second-order valence-corrected chi connectivity index (χ2v) is 4.48. The predicted molar refractivity (Wildman–Crippen MR) is 68.7 cm³/mol. The highest BCUT2D eigenvalue weighted by molar-refractivity contribution is 5.86. The largest absolute Gasteiger partial charge is 0.449 e. The van der Waals surface area contributed by atoms with Crippen LogP contribution in [0.5, 0.6) is 0 Å². The van der Waals surface area contributed by atoms with Crippen molar-refractivity contribution in [3.05, 3.63) is 35.9 Å². The molecule has 0 aromatic heterocycles. The van der Waals surface area contributed by atoms with E-state index in [2.05, 4.69) is 0 Å². The molecule has 4 heteroatoms. The number of nitrogens with two attached hydrogens (primary N) is 1. The van der Waals surface area contributed by atoms with Gasteiger partial charge in [-0.2, -0.15) is 0 Å². The Morgan fingerprint density at radius 2 is 1.89 bits per heavy atom. The van der Waals surface area contributed by atoms with Gasteiger partial charge in [-0.25, -0.2) is 0 Å². The van der Waals surface area contributed by atoms with Crippen molar-refractivity contribution in [2.24, 2.45) is 5.73 Å². The molecular weight excluding hydrogens is 230 g/mol. The first-order valence-electron chi connectivity index (χ1n) is 6.03. The SMILES string of the molecule is CCCC(=O)OC(C)(Cc1ccccc1)C(N)=O. The van der Waals surface area contributed by atoms with Crippen molar-refractivity contribution in [1.29, 1.82) is 0 Å². The number of esters is 1. The molecule has 0 radical (unpaired) electrons. The number of hydrogen-bond acceptors (Lipinski definition) is 3. The minimum atomic E-state index is -1.28. The number of ether oxygens (including phenoxy) is 1. The molecular formula is C14H19NO3. The molecule has 98 valence electrons. The van der Waals surface area contributed by atoms with E-state index in [4.69, 9.17) is 10.5 Å². The van der Waals surface area contributed by atoms with E-state index in [1.165, 1.54) is 0 Å². The summed E-state index contributed by atoms with van der Waals surface area (Å²) in [6.45, 7) is 3.43. The number of rotatable bonds is 6. The third kappa shape index (κ3) is 3.87. The van der Waals surface area contributed by atoms with Gasteiger partial charge in [0.1, 0.15) is 0 Å². The van der Waals surface area contributed by atoms with E-state index >= 15 is 0 Å². The first kappa shape index (κ1) is 14.2. The molecule has 0 aliphatic heterocycles.